The van der Waals surface area contributed by atoms with Gasteiger partial charge in [0.05, 0.1) is 0 Å². The Kier molecular flexibility index (Phi) is 13.2. The molecule has 1 atom stereocenters. The van der Waals surface area contributed by atoms with E-state index in [4.69, 9.17) is 3.97 Å². The molecule has 0 radical (unpaired) electrons. The third-order valence-corrected chi connectivity index (χ3v) is 15.3. The number of halogens is 10. The van der Waals surface area contributed by atoms with Gasteiger partial charge in [0.1, 0.15) is 0 Å². The summed E-state index contributed by atoms with van der Waals surface area (Å²) in [7, 11) is -6.48. The number of rotatable bonds is 19. The zero-order valence-electron chi connectivity index (χ0n) is 21.3. The number of ether oxygens (including phenoxy) is 1. The SMILES string of the molecule is CCCCP(CCCC)(CCCC)(CCCC)OS(=O)(=O)C(F)(F)C(F)OC(F)(F)C(F)(F)C(F)(F)F. The molecule has 0 heterocycles. The van der Waals surface area contributed by atoms with Crippen LogP contribution in [0.1, 0.15) is 79.1 Å². The summed E-state index contributed by atoms with van der Waals surface area (Å²) in [6, 6.07) is 0. The first-order valence-corrected chi connectivity index (χ1v) is 16.4. The quantitative estimate of drug-likeness (QED) is 0.109. The number of unbranched alkanes of at least 4 members (excludes halogenated alkanes) is 4. The summed E-state index contributed by atoms with van der Waals surface area (Å²) in [5.74, 6) is -7.09. The van der Waals surface area contributed by atoms with E-state index >= 15 is 0 Å². The Labute approximate surface area is 212 Å². The number of alkyl halides is 10. The van der Waals surface area contributed by atoms with Gasteiger partial charge >= 0.3 is 212 Å². The van der Waals surface area contributed by atoms with Crippen molar-refractivity contribution in [2.24, 2.45) is 0 Å². The van der Waals surface area contributed by atoms with Crippen molar-refractivity contribution < 1.29 is 61.0 Å². The normalized spacial score (nSPS) is 16.4. The fraction of sp³-hybridized carbons (Fsp3) is 1.00. The summed E-state index contributed by atoms with van der Waals surface area (Å²) in [4.78, 5) is 0. The van der Waals surface area contributed by atoms with Gasteiger partial charge in [0.15, 0.2) is 0 Å². The van der Waals surface area contributed by atoms with E-state index in [2.05, 4.69) is 4.74 Å². The molecule has 0 bridgehead atoms. The Morgan fingerprint density at radius 2 is 1.00 bits per heavy atom. The summed E-state index contributed by atoms with van der Waals surface area (Å²) in [5, 5.41) is -6.02. The molecular formula is C21H37F10O4PS. The summed E-state index contributed by atoms with van der Waals surface area (Å²) < 4.78 is 167. The topological polar surface area (TPSA) is 52.6 Å². The van der Waals surface area contributed by atoms with E-state index < -0.39 is 46.8 Å². The third-order valence-electron chi connectivity index (χ3n) is 6.19. The van der Waals surface area contributed by atoms with E-state index in [0.29, 0.717) is 51.4 Å². The second-order valence-corrected chi connectivity index (χ2v) is 16.8. The fourth-order valence-electron chi connectivity index (χ4n) is 3.93. The molecule has 0 spiro atoms. The minimum atomic E-state index is -7.09. The number of hydrogen-bond acceptors (Lipinski definition) is 4. The van der Waals surface area contributed by atoms with E-state index in [-0.39, 0.29) is 24.6 Å². The summed E-state index contributed by atoms with van der Waals surface area (Å²) >= 11 is 0. The molecule has 0 aliphatic heterocycles. The van der Waals surface area contributed by atoms with Crippen molar-refractivity contribution in [2.75, 3.05) is 24.6 Å². The Hall–Kier alpha value is -0.400. The standard InChI is InChI=1S/C21H37F10O4PS/c1-5-9-13-36(14-10-6-2,15-11-7-3,16-12-8-4)35-37(32,33)18(23,24)17(22)34-21(30,31)19(25,26)20(27,28)29/h17H,5-16H2,1-4H3. The second kappa shape index (κ2) is 13.3. The molecule has 0 amide bonds. The third kappa shape index (κ3) is 8.54. The van der Waals surface area contributed by atoms with Crippen molar-refractivity contribution in [3.05, 3.63) is 0 Å². The van der Waals surface area contributed by atoms with Crippen LogP contribution in [-0.4, -0.2) is 62.9 Å². The Balaban J connectivity index is 6.63. The van der Waals surface area contributed by atoms with Crippen LogP contribution in [0.25, 0.3) is 0 Å². The van der Waals surface area contributed by atoms with Crippen LogP contribution >= 0.6 is 6.83 Å². The minimum absolute atomic E-state index is 0.0531. The Morgan fingerprint density at radius 1 is 0.676 bits per heavy atom. The van der Waals surface area contributed by atoms with Gasteiger partial charge in [-0.1, -0.05) is 0 Å². The molecule has 0 aromatic heterocycles. The van der Waals surface area contributed by atoms with Gasteiger partial charge in [0, 0.05) is 0 Å². The summed E-state index contributed by atoms with van der Waals surface area (Å²) in [6.45, 7) is 2.85. The zero-order valence-corrected chi connectivity index (χ0v) is 23.0. The molecule has 0 saturated heterocycles. The molecular weight excluding hydrogens is 569 g/mol. The Bertz CT molecular complexity index is 762. The van der Waals surface area contributed by atoms with Crippen LogP contribution in [0, 0.1) is 0 Å². The van der Waals surface area contributed by atoms with Crippen LogP contribution in [0.2, 0.25) is 0 Å². The van der Waals surface area contributed by atoms with Crippen molar-refractivity contribution in [3.8, 4) is 0 Å². The maximum atomic E-state index is 14.7. The molecule has 0 aliphatic carbocycles. The van der Waals surface area contributed by atoms with Crippen LogP contribution in [-0.2, 0) is 18.8 Å². The first-order valence-electron chi connectivity index (χ1n) is 12.1. The monoisotopic (exact) mass is 606 g/mol. The molecule has 0 aromatic rings. The van der Waals surface area contributed by atoms with Gasteiger partial charge in [-0.3, -0.25) is 0 Å². The molecule has 1 unspecified atom stereocenters. The maximum absolute atomic E-state index is 14.7. The molecule has 16 heteroatoms. The molecule has 4 nitrogen and oxygen atoms in total. The van der Waals surface area contributed by atoms with Gasteiger partial charge in [-0.15, -0.1) is 0 Å². The second-order valence-electron chi connectivity index (χ2n) is 9.28. The van der Waals surface area contributed by atoms with Crippen molar-refractivity contribution >= 4 is 16.9 Å². The molecule has 0 saturated carbocycles. The predicted molar refractivity (Wildman–Crippen MR) is 123 cm³/mol. The van der Waals surface area contributed by atoms with E-state index in [1.54, 1.807) is 27.7 Å². The molecule has 0 N–H and O–H groups in total. The van der Waals surface area contributed by atoms with Crippen LogP contribution in [0.3, 0.4) is 0 Å². The molecule has 0 fully saturated rings. The molecule has 37 heavy (non-hydrogen) atoms. The molecule has 226 valence electrons. The Morgan fingerprint density at radius 3 is 1.27 bits per heavy atom. The van der Waals surface area contributed by atoms with Gasteiger partial charge < -0.3 is 0 Å². The van der Waals surface area contributed by atoms with E-state index in [0.717, 1.165) is 0 Å². The van der Waals surface area contributed by atoms with Gasteiger partial charge in [-0.25, -0.2) is 0 Å². The van der Waals surface area contributed by atoms with Gasteiger partial charge in [0.2, 0.25) is 0 Å². The van der Waals surface area contributed by atoms with Gasteiger partial charge in [-0.05, 0) is 0 Å². The van der Waals surface area contributed by atoms with E-state index in [1.807, 2.05) is 0 Å². The van der Waals surface area contributed by atoms with Crippen LogP contribution in [0.5, 0.6) is 0 Å². The van der Waals surface area contributed by atoms with Crippen molar-refractivity contribution in [2.45, 2.75) is 109 Å². The van der Waals surface area contributed by atoms with Gasteiger partial charge in [-0.2, -0.15) is 0 Å². The average Bonchev–Trinajstić information content (AvgIpc) is 2.77. The van der Waals surface area contributed by atoms with Gasteiger partial charge in [0.25, 0.3) is 0 Å². The van der Waals surface area contributed by atoms with Crippen molar-refractivity contribution in [1.29, 1.82) is 0 Å². The van der Waals surface area contributed by atoms with Crippen LogP contribution < -0.4 is 0 Å². The fourth-order valence-corrected chi connectivity index (χ4v) is 13.8. The molecule has 0 aromatic carbocycles. The van der Waals surface area contributed by atoms with Crippen LogP contribution in [0.15, 0.2) is 0 Å². The summed E-state index contributed by atoms with van der Waals surface area (Å²) in [6.07, 6.45) is -15.3. The van der Waals surface area contributed by atoms with Crippen LogP contribution in [0.4, 0.5) is 43.9 Å². The average molecular weight is 607 g/mol. The number of hydrogen-bond donors (Lipinski definition) is 0. The van der Waals surface area contributed by atoms with E-state index in [1.165, 1.54) is 0 Å². The first-order chi connectivity index (χ1) is 16.6. The van der Waals surface area contributed by atoms with Crippen molar-refractivity contribution in [3.63, 3.8) is 0 Å². The predicted octanol–water partition coefficient (Wildman–Crippen LogP) is 8.70. The first kappa shape index (κ1) is 36.6. The molecule has 0 aliphatic rings. The molecule has 0 rings (SSSR count). The zero-order chi connectivity index (χ0) is 29.4. The van der Waals surface area contributed by atoms with E-state index in [9.17, 15) is 52.3 Å². The summed E-state index contributed by atoms with van der Waals surface area (Å²) in [5.41, 5.74) is 0. The van der Waals surface area contributed by atoms with Crippen molar-refractivity contribution in [1.82, 2.24) is 0 Å².